The van der Waals surface area contributed by atoms with E-state index in [9.17, 15) is 19.7 Å². The van der Waals surface area contributed by atoms with Crippen LogP contribution < -0.4 is 10.9 Å². The number of amides is 2. The summed E-state index contributed by atoms with van der Waals surface area (Å²) >= 11 is 1.26. The Labute approximate surface area is 123 Å². The van der Waals surface area contributed by atoms with Crippen molar-refractivity contribution in [3.05, 3.63) is 61.8 Å². The van der Waals surface area contributed by atoms with Crippen LogP contribution in [0.1, 0.15) is 25.6 Å². The van der Waals surface area contributed by atoms with Gasteiger partial charge in [0.15, 0.2) is 0 Å². The maximum atomic E-state index is 11.8. The molecular formula is C13H11N3O4S. The molecule has 1 aromatic heterocycles. The van der Waals surface area contributed by atoms with Gasteiger partial charge in [0.25, 0.3) is 17.5 Å². The van der Waals surface area contributed by atoms with Gasteiger partial charge in [-0.3, -0.25) is 30.6 Å². The lowest BCUT2D eigenvalue weighted by Crippen LogP contribution is -2.41. The Morgan fingerprint density at radius 3 is 2.52 bits per heavy atom. The number of nitrogens with zero attached hydrogens (tertiary/aromatic N) is 1. The van der Waals surface area contributed by atoms with Crippen LogP contribution in [0.2, 0.25) is 0 Å². The number of carbonyl (C=O) groups is 2. The molecule has 0 aliphatic rings. The van der Waals surface area contributed by atoms with Crippen LogP contribution in [-0.2, 0) is 0 Å². The average molecular weight is 305 g/mol. The van der Waals surface area contributed by atoms with E-state index in [0.717, 1.165) is 11.6 Å². The third-order valence-electron chi connectivity index (χ3n) is 2.68. The first-order valence-electron chi connectivity index (χ1n) is 5.88. The van der Waals surface area contributed by atoms with Crippen molar-refractivity contribution in [3.63, 3.8) is 0 Å². The van der Waals surface area contributed by atoms with Crippen molar-refractivity contribution in [1.29, 1.82) is 0 Å². The summed E-state index contributed by atoms with van der Waals surface area (Å²) in [5.41, 5.74) is 5.21. The number of nitrogens with one attached hydrogen (secondary N) is 2. The summed E-state index contributed by atoms with van der Waals surface area (Å²) in [6.45, 7) is 1.79. The number of benzene rings is 1. The molecule has 0 atom stereocenters. The molecule has 1 heterocycles. The number of hydrazine groups is 1. The molecule has 0 saturated heterocycles. The Morgan fingerprint density at radius 1 is 1.19 bits per heavy atom. The fourth-order valence-corrected chi connectivity index (χ4v) is 2.43. The molecule has 0 bridgehead atoms. The van der Waals surface area contributed by atoms with Crippen LogP contribution in [-0.4, -0.2) is 16.7 Å². The normalized spacial score (nSPS) is 9.95. The van der Waals surface area contributed by atoms with Gasteiger partial charge in [0.05, 0.1) is 9.80 Å². The Bertz CT molecular complexity index is 711. The second kappa shape index (κ2) is 6.14. The van der Waals surface area contributed by atoms with Gasteiger partial charge in [-0.2, -0.15) is 0 Å². The summed E-state index contributed by atoms with van der Waals surface area (Å²) in [5.74, 6) is -1.05. The molecule has 0 aliphatic heterocycles. The zero-order valence-corrected chi connectivity index (χ0v) is 11.8. The van der Waals surface area contributed by atoms with E-state index in [-0.39, 0.29) is 11.3 Å². The molecule has 0 saturated carbocycles. The lowest BCUT2D eigenvalue weighted by molar-refractivity contribution is -0.384. The van der Waals surface area contributed by atoms with E-state index in [1.54, 1.807) is 18.4 Å². The van der Waals surface area contributed by atoms with Crippen LogP contribution in [0.15, 0.2) is 35.7 Å². The molecule has 2 rings (SSSR count). The van der Waals surface area contributed by atoms with Crippen LogP contribution in [0, 0.1) is 17.0 Å². The van der Waals surface area contributed by atoms with Gasteiger partial charge in [0.2, 0.25) is 0 Å². The summed E-state index contributed by atoms with van der Waals surface area (Å²) in [4.78, 5) is 34.2. The molecule has 0 radical (unpaired) electrons. The summed E-state index contributed by atoms with van der Waals surface area (Å²) in [6.07, 6.45) is 0. The van der Waals surface area contributed by atoms with Gasteiger partial charge < -0.3 is 0 Å². The number of non-ortho nitro benzene ring substituents is 1. The minimum Gasteiger partial charge on any atom is -0.267 e. The molecule has 2 amide bonds. The molecule has 1 aromatic carbocycles. The molecule has 2 N–H and O–H groups in total. The van der Waals surface area contributed by atoms with Gasteiger partial charge >= 0.3 is 0 Å². The highest BCUT2D eigenvalue weighted by atomic mass is 32.1. The Kier molecular flexibility index (Phi) is 4.29. The first-order chi connectivity index (χ1) is 9.99. The molecule has 7 nitrogen and oxygen atoms in total. The quantitative estimate of drug-likeness (QED) is 0.669. The van der Waals surface area contributed by atoms with E-state index in [4.69, 9.17) is 0 Å². The third kappa shape index (κ3) is 3.42. The number of rotatable bonds is 3. The highest BCUT2D eigenvalue weighted by molar-refractivity contribution is 7.12. The predicted molar refractivity (Wildman–Crippen MR) is 77.1 cm³/mol. The van der Waals surface area contributed by atoms with Crippen LogP contribution in [0.25, 0.3) is 0 Å². The highest BCUT2D eigenvalue weighted by Crippen LogP contribution is 2.15. The summed E-state index contributed by atoms with van der Waals surface area (Å²) in [6, 6.07) is 7.04. The fourth-order valence-electron chi connectivity index (χ4n) is 1.61. The summed E-state index contributed by atoms with van der Waals surface area (Å²) in [5, 5.41) is 12.4. The Hall–Kier alpha value is -2.74. The van der Waals surface area contributed by atoms with Crippen molar-refractivity contribution in [1.82, 2.24) is 10.9 Å². The Balaban J connectivity index is 2.02. The highest BCUT2D eigenvalue weighted by Gasteiger charge is 2.14. The zero-order chi connectivity index (χ0) is 15.4. The second-order valence-electron chi connectivity index (χ2n) is 4.15. The lowest BCUT2D eigenvalue weighted by Gasteiger charge is -2.06. The molecule has 108 valence electrons. The van der Waals surface area contributed by atoms with Gasteiger partial charge in [0.1, 0.15) is 0 Å². The molecule has 0 unspecified atom stereocenters. The number of nitro benzene ring substituents is 1. The number of hydrogen-bond acceptors (Lipinski definition) is 5. The molecule has 0 spiro atoms. The van der Waals surface area contributed by atoms with Crippen molar-refractivity contribution < 1.29 is 14.5 Å². The zero-order valence-electron chi connectivity index (χ0n) is 11.0. The van der Waals surface area contributed by atoms with Crippen molar-refractivity contribution in [2.75, 3.05) is 0 Å². The van der Waals surface area contributed by atoms with Gasteiger partial charge in [-0.1, -0.05) is 6.07 Å². The standard InChI is InChI=1S/C13H11N3O4S/c1-8-5-6-21-11(8)13(18)15-14-12(17)9-3-2-4-10(7-9)16(19)20/h2-7H,1H3,(H,14,17)(H,15,18). The number of carbonyl (C=O) groups excluding carboxylic acids is 2. The van der Waals surface area contributed by atoms with E-state index >= 15 is 0 Å². The largest absolute Gasteiger partial charge is 0.280 e. The summed E-state index contributed by atoms with van der Waals surface area (Å²) in [7, 11) is 0. The predicted octanol–water partition coefficient (Wildman–Crippen LogP) is 2.04. The van der Waals surface area contributed by atoms with Gasteiger partial charge in [-0.05, 0) is 30.0 Å². The van der Waals surface area contributed by atoms with Crippen molar-refractivity contribution >= 4 is 28.8 Å². The van der Waals surface area contributed by atoms with E-state index in [1.165, 1.54) is 29.5 Å². The molecule has 0 fully saturated rings. The number of nitro groups is 1. The average Bonchev–Trinajstić information content (AvgIpc) is 2.90. The molecular weight excluding hydrogens is 294 g/mol. The molecule has 0 aliphatic carbocycles. The molecule has 21 heavy (non-hydrogen) atoms. The first-order valence-corrected chi connectivity index (χ1v) is 6.76. The van der Waals surface area contributed by atoms with Crippen LogP contribution in [0.4, 0.5) is 5.69 Å². The fraction of sp³-hybridized carbons (Fsp3) is 0.0769. The first kappa shape index (κ1) is 14.7. The van der Waals surface area contributed by atoms with Crippen molar-refractivity contribution in [2.45, 2.75) is 6.92 Å². The second-order valence-corrected chi connectivity index (χ2v) is 5.06. The number of thiophene rings is 1. The molecule has 8 heteroatoms. The van der Waals surface area contributed by atoms with Gasteiger partial charge in [-0.25, -0.2) is 0 Å². The van der Waals surface area contributed by atoms with E-state index in [2.05, 4.69) is 10.9 Å². The minimum absolute atomic E-state index is 0.0902. The number of hydrogen-bond donors (Lipinski definition) is 2. The van der Waals surface area contributed by atoms with Crippen molar-refractivity contribution in [3.8, 4) is 0 Å². The minimum atomic E-state index is -0.624. The lowest BCUT2D eigenvalue weighted by atomic mass is 10.2. The van der Waals surface area contributed by atoms with Gasteiger partial charge in [-0.15, -0.1) is 11.3 Å². The van der Waals surface area contributed by atoms with Gasteiger partial charge in [0, 0.05) is 17.7 Å². The monoisotopic (exact) mass is 305 g/mol. The van der Waals surface area contributed by atoms with E-state index < -0.39 is 16.7 Å². The topological polar surface area (TPSA) is 101 Å². The van der Waals surface area contributed by atoms with Crippen molar-refractivity contribution in [2.24, 2.45) is 0 Å². The van der Waals surface area contributed by atoms with E-state index in [0.29, 0.717) is 4.88 Å². The smallest absolute Gasteiger partial charge is 0.267 e. The van der Waals surface area contributed by atoms with Crippen LogP contribution >= 0.6 is 11.3 Å². The maximum Gasteiger partial charge on any atom is 0.280 e. The van der Waals surface area contributed by atoms with Crippen LogP contribution in [0.3, 0.4) is 0 Å². The van der Waals surface area contributed by atoms with Crippen LogP contribution in [0.5, 0.6) is 0 Å². The Morgan fingerprint density at radius 2 is 1.90 bits per heavy atom. The number of aryl methyl sites for hydroxylation is 1. The third-order valence-corrected chi connectivity index (χ3v) is 3.69. The maximum absolute atomic E-state index is 11.8. The summed E-state index contributed by atoms with van der Waals surface area (Å²) < 4.78 is 0. The SMILES string of the molecule is Cc1ccsc1C(=O)NNC(=O)c1cccc([N+](=O)[O-])c1. The molecule has 2 aromatic rings. The van der Waals surface area contributed by atoms with E-state index in [1.807, 2.05) is 0 Å².